The normalized spacial score (nSPS) is 31.5. The first-order valence-corrected chi connectivity index (χ1v) is 7.17. The predicted molar refractivity (Wildman–Crippen MR) is 72.7 cm³/mol. The van der Waals surface area contributed by atoms with Gasteiger partial charge in [0.15, 0.2) is 0 Å². The second kappa shape index (κ2) is 6.53. The van der Waals surface area contributed by atoms with E-state index in [0.29, 0.717) is 30.1 Å². The van der Waals surface area contributed by atoms with Crippen molar-refractivity contribution in [3.8, 4) is 0 Å². The summed E-state index contributed by atoms with van der Waals surface area (Å²) in [5, 5.41) is 0. The van der Waals surface area contributed by atoms with E-state index in [1.165, 1.54) is 6.42 Å². The molecule has 0 heterocycles. The van der Waals surface area contributed by atoms with Crippen LogP contribution in [-0.4, -0.2) is 12.3 Å². The number of ketones is 1. The van der Waals surface area contributed by atoms with Crippen LogP contribution in [0.15, 0.2) is 0 Å². The van der Waals surface area contributed by atoms with Crippen LogP contribution in [0.5, 0.6) is 0 Å². The summed E-state index contributed by atoms with van der Waals surface area (Å²) in [5.41, 5.74) is 5.78. The van der Waals surface area contributed by atoms with Gasteiger partial charge < -0.3 is 5.73 Å². The molecule has 0 aromatic rings. The molecule has 100 valence electrons. The fraction of sp³-hybridized carbons (Fsp3) is 0.933. The first-order chi connectivity index (χ1) is 7.93. The summed E-state index contributed by atoms with van der Waals surface area (Å²) >= 11 is 0. The third-order valence-electron chi connectivity index (χ3n) is 4.02. The van der Waals surface area contributed by atoms with E-state index in [9.17, 15) is 4.79 Å². The van der Waals surface area contributed by atoms with Crippen LogP contribution in [0, 0.1) is 29.6 Å². The number of carbonyl (C=O) groups is 1. The summed E-state index contributed by atoms with van der Waals surface area (Å²) in [6, 6.07) is 0. The molecule has 0 bridgehead atoms. The largest absolute Gasteiger partial charge is 0.330 e. The van der Waals surface area contributed by atoms with E-state index in [1.807, 2.05) is 0 Å². The highest BCUT2D eigenvalue weighted by Crippen LogP contribution is 2.35. The van der Waals surface area contributed by atoms with E-state index >= 15 is 0 Å². The van der Waals surface area contributed by atoms with Crippen molar-refractivity contribution in [3.63, 3.8) is 0 Å². The number of rotatable bonds is 5. The number of Topliss-reactive ketones (excluding diaryl/α,β-unsaturated/α-hetero) is 1. The van der Waals surface area contributed by atoms with Gasteiger partial charge in [0.05, 0.1) is 0 Å². The molecule has 3 unspecified atom stereocenters. The van der Waals surface area contributed by atoms with E-state index in [0.717, 1.165) is 19.3 Å². The Hall–Kier alpha value is -0.370. The molecule has 0 aromatic heterocycles. The molecule has 0 amide bonds. The predicted octanol–water partition coefficient (Wildman–Crippen LogP) is 3.25. The molecule has 0 saturated heterocycles. The molecule has 3 atom stereocenters. The number of carbonyl (C=O) groups excluding carboxylic acids is 1. The van der Waals surface area contributed by atoms with Gasteiger partial charge in [-0.15, -0.1) is 0 Å². The van der Waals surface area contributed by atoms with Gasteiger partial charge in [0.25, 0.3) is 0 Å². The van der Waals surface area contributed by atoms with Gasteiger partial charge in [-0.25, -0.2) is 0 Å². The zero-order chi connectivity index (χ0) is 13.0. The third kappa shape index (κ3) is 4.42. The average molecular weight is 239 g/mol. The summed E-state index contributed by atoms with van der Waals surface area (Å²) < 4.78 is 0. The SMILES string of the molecule is CC(C)CC(CN)C(=O)C1CC(C)CC(C)C1. The molecule has 1 aliphatic carbocycles. The van der Waals surface area contributed by atoms with Crippen LogP contribution >= 0.6 is 0 Å². The maximum atomic E-state index is 12.5. The van der Waals surface area contributed by atoms with Gasteiger partial charge in [0.1, 0.15) is 5.78 Å². The van der Waals surface area contributed by atoms with Crippen molar-refractivity contribution in [1.82, 2.24) is 0 Å². The Morgan fingerprint density at radius 3 is 2.12 bits per heavy atom. The van der Waals surface area contributed by atoms with Crippen molar-refractivity contribution in [1.29, 1.82) is 0 Å². The fourth-order valence-corrected chi connectivity index (χ4v) is 3.41. The summed E-state index contributed by atoms with van der Waals surface area (Å²) in [7, 11) is 0. The molecule has 0 aromatic carbocycles. The number of hydrogen-bond donors (Lipinski definition) is 1. The Kier molecular flexibility index (Phi) is 5.64. The molecule has 1 fully saturated rings. The zero-order valence-corrected chi connectivity index (χ0v) is 11.9. The maximum Gasteiger partial charge on any atom is 0.140 e. The summed E-state index contributed by atoms with van der Waals surface area (Å²) in [4.78, 5) is 12.5. The standard InChI is InChI=1S/C15H29NO/c1-10(2)5-14(9-16)15(17)13-7-11(3)6-12(4)8-13/h10-14H,5-9,16H2,1-4H3. The molecule has 0 spiro atoms. The minimum absolute atomic E-state index is 0.0949. The monoisotopic (exact) mass is 239 g/mol. The minimum Gasteiger partial charge on any atom is -0.330 e. The Labute approximate surface area is 106 Å². The quantitative estimate of drug-likeness (QED) is 0.800. The second-order valence-corrected chi connectivity index (χ2v) is 6.58. The lowest BCUT2D eigenvalue weighted by atomic mass is 9.72. The van der Waals surface area contributed by atoms with Crippen LogP contribution in [0.2, 0.25) is 0 Å². The number of hydrogen-bond acceptors (Lipinski definition) is 2. The summed E-state index contributed by atoms with van der Waals surface area (Å²) in [5.74, 6) is 2.78. The Bertz CT molecular complexity index is 239. The van der Waals surface area contributed by atoms with Gasteiger partial charge >= 0.3 is 0 Å². The number of nitrogens with two attached hydrogens (primary N) is 1. The van der Waals surface area contributed by atoms with Crippen molar-refractivity contribution >= 4 is 5.78 Å². The van der Waals surface area contributed by atoms with Crippen LogP contribution in [0.1, 0.15) is 53.4 Å². The van der Waals surface area contributed by atoms with Crippen molar-refractivity contribution in [2.45, 2.75) is 53.4 Å². The Balaban J connectivity index is 2.60. The van der Waals surface area contributed by atoms with Crippen LogP contribution in [0.3, 0.4) is 0 Å². The van der Waals surface area contributed by atoms with E-state index in [2.05, 4.69) is 27.7 Å². The second-order valence-electron chi connectivity index (χ2n) is 6.58. The topological polar surface area (TPSA) is 43.1 Å². The molecule has 17 heavy (non-hydrogen) atoms. The highest BCUT2D eigenvalue weighted by molar-refractivity contribution is 5.83. The van der Waals surface area contributed by atoms with E-state index in [-0.39, 0.29) is 11.8 Å². The lowest BCUT2D eigenvalue weighted by Gasteiger charge is -2.32. The van der Waals surface area contributed by atoms with Crippen LogP contribution < -0.4 is 5.73 Å². The summed E-state index contributed by atoms with van der Waals surface area (Å²) in [6.07, 6.45) is 4.39. The summed E-state index contributed by atoms with van der Waals surface area (Å²) in [6.45, 7) is 9.41. The molecule has 2 heteroatoms. The molecule has 1 rings (SSSR count). The first kappa shape index (κ1) is 14.7. The molecular weight excluding hydrogens is 210 g/mol. The van der Waals surface area contributed by atoms with Crippen LogP contribution in [-0.2, 0) is 4.79 Å². The molecule has 1 aliphatic rings. The van der Waals surface area contributed by atoms with Gasteiger partial charge in [-0.1, -0.05) is 27.7 Å². The third-order valence-corrected chi connectivity index (χ3v) is 4.02. The van der Waals surface area contributed by atoms with E-state index < -0.39 is 0 Å². The first-order valence-electron chi connectivity index (χ1n) is 7.17. The lowest BCUT2D eigenvalue weighted by molar-refractivity contribution is -0.129. The fourth-order valence-electron chi connectivity index (χ4n) is 3.41. The molecule has 0 radical (unpaired) electrons. The van der Waals surface area contributed by atoms with Crippen LogP contribution in [0.4, 0.5) is 0 Å². The maximum absolute atomic E-state index is 12.5. The van der Waals surface area contributed by atoms with E-state index in [4.69, 9.17) is 5.73 Å². The van der Waals surface area contributed by atoms with Crippen molar-refractivity contribution in [2.24, 2.45) is 35.3 Å². The Morgan fingerprint density at radius 2 is 1.71 bits per heavy atom. The van der Waals surface area contributed by atoms with Crippen molar-refractivity contribution in [3.05, 3.63) is 0 Å². The van der Waals surface area contributed by atoms with Gasteiger partial charge in [-0.2, -0.15) is 0 Å². The molecule has 1 saturated carbocycles. The van der Waals surface area contributed by atoms with Gasteiger partial charge in [-0.05, 0) is 43.4 Å². The average Bonchev–Trinajstić information content (AvgIpc) is 2.23. The Morgan fingerprint density at radius 1 is 1.18 bits per heavy atom. The van der Waals surface area contributed by atoms with Crippen LogP contribution in [0.25, 0.3) is 0 Å². The molecule has 0 aliphatic heterocycles. The molecule has 2 nitrogen and oxygen atoms in total. The molecule has 2 N–H and O–H groups in total. The smallest absolute Gasteiger partial charge is 0.140 e. The van der Waals surface area contributed by atoms with Crippen molar-refractivity contribution in [2.75, 3.05) is 6.54 Å². The van der Waals surface area contributed by atoms with Gasteiger partial charge in [0.2, 0.25) is 0 Å². The lowest BCUT2D eigenvalue weighted by Crippen LogP contribution is -2.34. The minimum atomic E-state index is 0.0949. The van der Waals surface area contributed by atoms with E-state index in [1.54, 1.807) is 0 Å². The van der Waals surface area contributed by atoms with Gasteiger partial charge in [0, 0.05) is 18.4 Å². The molecular formula is C15H29NO. The van der Waals surface area contributed by atoms with Crippen molar-refractivity contribution < 1.29 is 4.79 Å². The highest BCUT2D eigenvalue weighted by Gasteiger charge is 2.32. The zero-order valence-electron chi connectivity index (χ0n) is 11.9. The highest BCUT2D eigenvalue weighted by atomic mass is 16.1. The van der Waals surface area contributed by atoms with Gasteiger partial charge in [-0.3, -0.25) is 4.79 Å².